The molecule has 0 unspecified atom stereocenters. The first-order valence-corrected chi connectivity index (χ1v) is 7.69. The number of nitrogens with two attached hydrogens (primary N) is 3. The molecule has 0 atom stereocenters. The predicted octanol–water partition coefficient (Wildman–Crippen LogP) is 1.09. The fraction of sp³-hybridized carbons (Fsp3) is 0.471. The SMILES string of the molecule is CC(C)(C)CN(N)/C=C(\N)c1ccc(CNCCN)cc1C#N. The highest BCUT2D eigenvalue weighted by Crippen LogP contribution is 2.19. The van der Waals surface area contributed by atoms with E-state index in [4.69, 9.17) is 17.3 Å². The van der Waals surface area contributed by atoms with Gasteiger partial charge in [0.1, 0.15) is 0 Å². The number of nitriles is 1. The number of benzene rings is 1. The van der Waals surface area contributed by atoms with Gasteiger partial charge in [-0.1, -0.05) is 32.9 Å². The summed E-state index contributed by atoms with van der Waals surface area (Å²) in [6, 6.07) is 7.84. The van der Waals surface area contributed by atoms with Crippen LogP contribution in [0.25, 0.3) is 5.70 Å². The van der Waals surface area contributed by atoms with Crippen molar-refractivity contribution in [2.45, 2.75) is 27.3 Å². The minimum atomic E-state index is 0.0576. The Labute approximate surface area is 138 Å². The molecule has 6 nitrogen and oxygen atoms in total. The summed E-state index contributed by atoms with van der Waals surface area (Å²) in [5, 5.41) is 14.1. The highest BCUT2D eigenvalue weighted by molar-refractivity contribution is 5.68. The van der Waals surface area contributed by atoms with Gasteiger partial charge in [0.25, 0.3) is 0 Å². The van der Waals surface area contributed by atoms with Gasteiger partial charge in [-0.2, -0.15) is 5.26 Å². The van der Waals surface area contributed by atoms with Gasteiger partial charge in [0.15, 0.2) is 0 Å². The molecule has 0 saturated carbocycles. The lowest BCUT2D eigenvalue weighted by Crippen LogP contribution is -2.34. The van der Waals surface area contributed by atoms with Crippen LogP contribution >= 0.6 is 0 Å². The second-order valence-electron chi connectivity index (χ2n) is 6.77. The third kappa shape index (κ3) is 6.70. The monoisotopic (exact) mass is 316 g/mol. The topological polar surface area (TPSA) is 117 Å². The van der Waals surface area contributed by atoms with E-state index in [0.717, 1.165) is 12.1 Å². The Balaban J connectivity index is 2.92. The molecule has 0 saturated heterocycles. The average Bonchev–Trinajstić information content (AvgIpc) is 2.45. The van der Waals surface area contributed by atoms with Crippen LogP contribution < -0.4 is 22.6 Å². The molecule has 0 heterocycles. The van der Waals surface area contributed by atoms with Crippen LogP contribution in [0.2, 0.25) is 0 Å². The maximum absolute atomic E-state index is 9.37. The molecule has 0 amide bonds. The molecule has 1 aromatic rings. The standard InChI is InChI=1S/C17H28N6/c1-17(2,3)12-23(21)11-16(20)15-5-4-13(8-14(15)9-19)10-22-7-6-18/h4-5,8,11,22H,6-7,10,12,18,20-21H2,1-3H3/b16-11-. The molecule has 0 aliphatic rings. The lowest BCUT2D eigenvalue weighted by molar-refractivity contribution is 0.257. The molecule has 0 spiro atoms. The lowest BCUT2D eigenvalue weighted by atomic mass is 9.97. The second kappa shape index (κ2) is 8.53. The summed E-state index contributed by atoms with van der Waals surface area (Å²) < 4.78 is 0. The van der Waals surface area contributed by atoms with E-state index in [1.54, 1.807) is 11.2 Å². The molecule has 6 heteroatoms. The van der Waals surface area contributed by atoms with Crippen molar-refractivity contribution in [1.29, 1.82) is 5.26 Å². The Kier molecular flexibility index (Phi) is 7.04. The molecule has 0 radical (unpaired) electrons. The Bertz CT molecular complexity index is 580. The van der Waals surface area contributed by atoms with Crippen molar-refractivity contribution < 1.29 is 0 Å². The van der Waals surface area contributed by atoms with Gasteiger partial charge in [-0.05, 0) is 17.0 Å². The molecular formula is C17H28N6. The summed E-state index contributed by atoms with van der Waals surface area (Å²) in [6.45, 7) is 8.95. The third-order valence-corrected chi connectivity index (χ3v) is 3.13. The van der Waals surface area contributed by atoms with E-state index in [2.05, 4.69) is 32.2 Å². The molecule has 0 bridgehead atoms. The molecule has 0 fully saturated rings. The van der Waals surface area contributed by atoms with Gasteiger partial charge < -0.3 is 21.8 Å². The van der Waals surface area contributed by atoms with E-state index in [1.165, 1.54) is 0 Å². The maximum atomic E-state index is 9.37. The van der Waals surface area contributed by atoms with Crippen molar-refractivity contribution >= 4 is 5.70 Å². The first-order chi connectivity index (χ1) is 10.8. The lowest BCUT2D eigenvalue weighted by Gasteiger charge is -2.25. The minimum Gasteiger partial charge on any atom is -0.397 e. The molecule has 126 valence electrons. The van der Waals surface area contributed by atoms with Crippen LogP contribution in [0.15, 0.2) is 24.4 Å². The number of hydrogen-bond donors (Lipinski definition) is 4. The quantitative estimate of drug-likeness (QED) is 0.340. The summed E-state index contributed by atoms with van der Waals surface area (Å²) in [4.78, 5) is 0. The van der Waals surface area contributed by atoms with Gasteiger partial charge >= 0.3 is 0 Å². The summed E-state index contributed by atoms with van der Waals surface area (Å²) in [5.74, 6) is 5.97. The largest absolute Gasteiger partial charge is 0.397 e. The Morgan fingerprint density at radius 3 is 2.65 bits per heavy atom. The number of nitrogens with zero attached hydrogens (tertiary/aromatic N) is 2. The van der Waals surface area contributed by atoms with Crippen LogP contribution in [0.3, 0.4) is 0 Å². The van der Waals surface area contributed by atoms with Crippen molar-refractivity contribution in [2.24, 2.45) is 22.7 Å². The Morgan fingerprint density at radius 1 is 1.39 bits per heavy atom. The van der Waals surface area contributed by atoms with Gasteiger partial charge in [-0.25, -0.2) is 5.84 Å². The smallest absolute Gasteiger partial charge is 0.0998 e. The van der Waals surface area contributed by atoms with Crippen LogP contribution in [0.4, 0.5) is 0 Å². The predicted molar refractivity (Wildman–Crippen MR) is 94.4 cm³/mol. The fourth-order valence-electron chi connectivity index (χ4n) is 2.22. The van der Waals surface area contributed by atoms with Crippen molar-refractivity contribution in [3.8, 4) is 6.07 Å². The zero-order valence-corrected chi connectivity index (χ0v) is 14.3. The zero-order chi connectivity index (χ0) is 17.5. The number of nitrogens with one attached hydrogen (secondary N) is 1. The second-order valence-corrected chi connectivity index (χ2v) is 6.77. The van der Waals surface area contributed by atoms with E-state index in [0.29, 0.717) is 36.5 Å². The van der Waals surface area contributed by atoms with E-state index < -0.39 is 0 Å². The molecule has 1 aromatic carbocycles. The van der Waals surface area contributed by atoms with E-state index in [-0.39, 0.29) is 5.41 Å². The summed E-state index contributed by atoms with van der Waals surface area (Å²) in [6.07, 6.45) is 1.67. The molecule has 23 heavy (non-hydrogen) atoms. The molecular weight excluding hydrogens is 288 g/mol. The van der Waals surface area contributed by atoms with E-state index >= 15 is 0 Å². The first-order valence-electron chi connectivity index (χ1n) is 7.69. The van der Waals surface area contributed by atoms with Gasteiger partial charge in [0, 0.05) is 37.9 Å². The average molecular weight is 316 g/mol. The van der Waals surface area contributed by atoms with Crippen molar-refractivity contribution in [2.75, 3.05) is 19.6 Å². The van der Waals surface area contributed by atoms with Gasteiger partial charge in [-0.15, -0.1) is 0 Å². The highest BCUT2D eigenvalue weighted by Gasteiger charge is 2.13. The van der Waals surface area contributed by atoms with Crippen LogP contribution in [0.5, 0.6) is 0 Å². The number of hydrazine groups is 1. The van der Waals surface area contributed by atoms with E-state index in [1.807, 2.05) is 18.2 Å². The highest BCUT2D eigenvalue weighted by atomic mass is 15.4. The molecule has 7 N–H and O–H groups in total. The zero-order valence-electron chi connectivity index (χ0n) is 14.3. The van der Waals surface area contributed by atoms with Crippen LogP contribution in [-0.4, -0.2) is 24.6 Å². The minimum absolute atomic E-state index is 0.0576. The van der Waals surface area contributed by atoms with E-state index in [9.17, 15) is 5.26 Å². The van der Waals surface area contributed by atoms with Crippen molar-refractivity contribution in [3.63, 3.8) is 0 Å². The molecule has 1 rings (SSSR count). The van der Waals surface area contributed by atoms with Crippen LogP contribution in [0.1, 0.15) is 37.5 Å². The van der Waals surface area contributed by atoms with Crippen molar-refractivity contribution in [3.05, 3.63) is 41.1 Å². The van der Waals surface area contributed by atoms with Gasteiger partial charge in [0.05, 0.1) is 17.3 Å². The Hall–Kier alpha value is -2.07. The van der Waals surface area contributed by atoms with Crippen LogP contribution in [-0.2, 0) is 6.54 Å². The number of rotatable bonds is 7. The van der Waals surface area contributed by atoms with Crippen LogP contribution in [0, 0.1) is 16.7 Å². The van der Waals surface area contributed by atoms with Gasteiger partial charge in [0.2, 0.25) is 0 Å². The normalized spacial score (nSPS) is 12.1. The molecule has 0 aromatic heterocycles. The Morgan fingerprint density at radius 2 is 2.09 bits per heavy atom. The summed E-state index contributed by atoms with van der Waals surface area (Å²) in [7, 11) is 0. The van der Waals surface area contributed by atoms with Gasteiger partial charge in [-0.3, -0.25) is 0 Å². The molecule has 0 aliphatic heterocycles. The summed E-state index contributed by atoms with van der Waals surface area (Å²) >= 11 is 0. The number of hydrogen-bond acceptors (Lipinski definition) is 6. The first kappa shape index (κ1) is 19.0. The fourth-order valence-corrected chi connectivity index (χ4v) is 2.22. The molecule has 0 aliphatic carbocycles. The maximum Gasteiger partial charge on any atom is 0.0998 e. The summed E-state index contributed by atoms with van der Waals surface area (Å²) in [5.41, 5.74) is 14.4. The van der Waals surface area contributed by atoms with Crippen molar-refractivity contribution in [1.82, 2.24) is 10.3 Å². The third-order valence-electron chi connectivity index (χ3n) is 3.13.